The van der Waals surface area contributed by atoms with Gasteiger partial charge in [-0.3, -0.25) is 0 Å². The number of benzene rings is 1. The molecule has 0 aliphatic heterocycles. The number of amides is 1. The van der Waals surface area contributed by atoms with E-state index < -0.39 is 22.7 Å². The van der Waals surface area contributed by atoms with Crippen LogP contribution in [0.3, 0.4) is 0 Å². The molecule has 1 aromatic carbocycles. The van der Waals surface area contributed by atoms with Gasteiger partial charge in [-0.05, 0) is 0 Å². The third kappa shape index (κ3) is 7.63. The number of nitrogens with zero attached hydrogens (tertiary/aromatic N) is 1. The predicted octanol–water partition coefficient (Wildman–Crippen LogP) is 2.64. The molecule has 7 heteroatoms. The average Bonchev–Trinajstić information content (AvgIpc) is 2.64. The van der Waals surface area contributed by atoms with Crippen molar-refractivity contribution in [2.45, 2.75) is 32.7 Å². The van der Waals surface area contributed by atoms with Crippen molar-refractivity contribution in [3.8, 4) is 0 Å². The number of nitrogens with one attached hydrogen (secondary N) is 1. The van der Waals surface area contributed by atoms with Crippen LogP contribution in [0.15, 0.2) is 49.2 Å². The predicted molar refractivity (Wildman–Crippen MR) is 121 cm³/mol. The van der Waals surface area contributed by atoms with E-state index in [1.54, 1.807) is 24.4 Å². The van der Waals surface area contributed by atoms with Crippen molar-refractivity contribution in [1.29, 1.82) is 0 Å². The fourth-order valence-electron chi connectivity index (χ4n) is 2.51. The van der Waals surface area contributed by atoms with Crippen molar-refractivity contribution in [3.05, 3.63) is 71.6 Å². The molecule has 0 unspecified atom stereocenters. The van der Waals surface area contributed by atoms with E-state index in [-0.39, 0.29) is 11.3 Å². The Morgan fingerprint density at radius 1 is 1.24 bits per heavy atom. The van der Waals surface area contributed by atoms with E-state index in [0.29, 0.717) is 6.54 Å². The zero-order chi connectivity index (χ0) is 21.7. The molecule has 0 fully saturated rings. The van der Waals surface area contributed by atoms with Crippen LogP contribution in [0.2, 0.25) is 0 Å². The molecule has 1 heterocycles. The van der Waals surface area contributed by atoms with Crippen LogP contribution in [0, 0.1) is 0 Å². The van der Waals surface area contributed by atoms with Crippen LogP contribution in [0.1, 0.15) is 43.2 Å². The molecule has 29 heavy (non-hydrogen) atoms. The first-order valence-corrected chi connectivity index (χ1v) is 14.2. The molecule has 5 nitrogen and oxygen atoms in total. The fourth-order valence-corrected chi connectivity index (χ4v) is 6.81. The van der Waals surface area contributed by atoms with Gasteiger partial charge in [0.15, 0.2) is 0 Å². The van der Waals surface area contributed by atoms with Gasteiger partial charge in [0.05, 0.1) is 0 Å². The second-order valence-electron chi connectivity index (χ2n) is 7.70. The molecule has 1 N–H and O–H groups in total. The van der Waals surface area contributed by atoms with Gasteiger partial charge in [0.25, 0.3) is 0 Å². The second kappa shape index (κ2) is 9.55. The average molecular weight is 473 g/mol. The molecule has 0 aliphatic rings. The number of hydrogen-bond donors (Lipinski definition) is 1. The summed E-state index contributed by atoms with van der Waals surface area (Å²) >= 11 is -0.965. The van der Waals surface area contributed by atoms with Crippen molar-refractivity contribution in [2.24, 2.45) is 0 Å². The quantitative estimate of drug-likeness (QED) is 0.496. The third-order valence-electron chi connectivity index (χ3n) is 4.02. The van der Waals surface area contributed by atoms with Crippen LogP contribution in [0.4, 0.5) is 0 Å². The molecule has 0 spiro atoms. The summed E-state index contributed by atoms with van der Waals surface area (Å²) in [4.78, 5) is 16.6. The standard InChI is InChI=1S/C22H26AsN2O3S/c1-6-18-13-17(7-10-19(18)23-29(5,27)28)15-25-21(26)12-9-16-8-11-20(24-14-16)22(2,3)4/h6-14H,1,15H2,2-5H3,(H,25,26). The summed E-state index contributed by atoms with van der Waals surface area (Å²) in [7, 11) is -3.03. The molecule has 1 aromatic heterocycles. The van der Waals surface area contributed by atoms with Crippen LogP contribution in [0.5, 0.6) is 0 Å². The summed E-state index contributed by atoms with van der Waals surface area (Å²) < 4.78 is 23.9. The molecule has 0 aliphatic carbocycles. The molecule has 0 saturated heterocycles. The van der Waals surface area contributed by atoms with Gasteiger partial charge in [0.1, 0.15) is 0 Å². The van der Waals surface area contributed by atoms with Crippen molar-refractivity contribution in [3.63, 3.8) is 0 Å². The maximum atomic E-state index is 12.1. The number of rotatable bonds is 7. The Kier molecular flexibility index (Phi) is 7.61. The van der Waals surface area contributed by atoms with Crippen molar-refractivity contribution < 1.29 is 13.2 Å². The van der Waals surface area contributed by atoms with Crippen molar-refractivity contribution in [1.82, 2.24) is 10.3 Å². The fraction of sp³-hybridized carbons (Fsp3) is 0.273. The van der Waals surface area contributed by atoms with Crippen LogP contribution in [-0.2, 0) is 24.9 Å². The number of carbonyl (C=O) groups excluding carboxylic acids is 1. The number of aromatic nitrogens is 1. The number of carbonyl (C=O) groups is 1. The monoisotopic (exact) mass is 473 g/mol. The van der Waals surface area contributed by atoms with Gasteiger partial charge in [-0.2, -0.15) is 0 Å². The van der Waals surface area contributed by atoms with Gasteiger partial charge in [-0.15, -0.1) is 0 Å². The SMILES string of the molecule is C=Cc1cc(CNC(=O)C=Cc2ccc(C(C)(C)C)nc2)ccc1[As]S(C)(=O)=O. The van der Waals surface area contributed by atoms with Gasteiger partial charge in [0.2, 0.25) is 0 Å². The van der Waals surface area contributed by atoms with Crippen LogP contribution in [-0.4, -0.2) is 40.2 Å². The van der Waals surface area contributed by atoms with Gasteiger partial charge >= 0.3 is 147 Å². The van der Waals surface area contributed by atoms with E-state index in [2.05, 4.69) is 37.7 Å². The first-order chi connectivity index (χ1) is 13.5. The summed E-state index contributed by atoms with van der Waals surface area (Å²) in [5.74, 6) is -0.211. The van der Waals surface area contributed by atoms with Crippen molar-refractivity contribution in [2.75, 3.05) is 6.26 Å². The van der Waals surface area contributed by atoms with Crippen LogP contribution in [0.25, 0.3) is 12.2 Å². The Bertz CT molecular complexity index is 1020. The molecule has 153 valence electrons. The molecular formula is C22H26AsN2O3S. The molecule has 2 rings (SSSR count). The summed E-state index contributed by atoms with van der Waals surface area (Å²) in [5, 5.41) is 2.83. The molecule has 2 aromatic rings. The Hall–Kier alpha value is -2.17. The summed E-state index contributed by atoms with van der Waals surface area (Å²) in [6.07, 6.45) is 7.85. The molecule has 0 saturated carbocycles. The Labute approximate surface area is 178 Å². The van der Waals surface area contributed by atoms with Crippen molar-refractivity contribution >= 4 is 45.1 Å². The normalized spacial score (nSPS) is 12.6. The molecule has 0 atom stereocenters. The zero-order valence-electron chi connectivity index (χ0n) is 17.1. The number of pyridine rings is 1. The van der Waals surface area contributed by atoms with Crippen LogP contribution < -0.4 is 9.67 Å². The van der Waals surface area contributed by atoms with E-state index in [1.165, 1.54) is 12.3 Å². The third-order valence-corrected chi connectivity index (χ3v) is 8.73. The molecular weight excluding hydrogens is 447 g/mol. The zero-order valence-corrected chi connectivity index (χ0v) is 19.8. The van der Waals surface area contributed by atoms with Gasteiger partial charge in [0, 0.05) is 11.1 Å². The minimum atomic E-state index is -3.03. The molecule has 0 bridgehead atoms. The Balaban J connectivity index is 1.98. The maximum absolute atomic E-state index is 12.1. The summed E-state index contributed by atoms with van der Waals surface area (Å²) in [6.45, 7) is 10.4. The molecule has 1 amide bonds. The van der Waals surface area contributed by atoms with E-state index in [4.69, 9.17) is 0 Å². The minimum absolute atomic E-state index is 0.0115. The first kappa shape index (κ1) is 23.1. The molecule has 1 radical (unpaired) electrons. The van der Waals surface area contributed by atoms with E-state index in [1.807, 2.05) is 24.3 Å². The van der Waals surface area contributed by atoms with Gasteiger partial charge < -0.3 is 0 Å². The van der Waals surface area contributed by atoms with Gasteiger partial charge in [-0.1, -0.05) is 20.8 Å². The first-order valence-electron chi connectivity index (χ1n) is 9.09. The van der Waals surface area contributed by atoms with Gasteiger partial charge in [-0.25, -0.2) is 0 Å². The Morgan fingerprint density at radius 2 is 1.97 bits per heavy atom. The summed E-state index contributed by atoms with van der Waals surface area (Å²) in [6, 6.07) is 9.41. The second-order valence-corrected chi connectivity index (χ2v) is 15.7. The Morgan fingerprint density at radius 3 is 2.52 bits per heavy atom. The van der Waals surface area contributed by atoms with E-state index in [0.717, 1.165) is 26.7 Å². The summed E-state index contributed by atoms with van der Waals surface area (Å²) in [5.41, 5.74) is 3.52. The van der Waals surface area contributed by atoms with E-state index >= 15 is 0 Å². The topological polar surface area (TPSA) is 76.1 Å². The van der Waals surface area contributed by atoms with Crippen LogP contribution >= 0.6 is 0 Å². The number of hydrogen-bond acceptors (Lipinski definition) is 4. The van der Waals surface area contributed by atoms with E-state index in [9.17, 15) is 13.2 Å².